The molecule has 1 aromatic heterocycles. The van der Waals surface area contributed by atoms with E-state index in [9.17, 15) is 19.5 Å². The Morgan fingerprint density at radius 1 is 0.879 bits per heavy atom. The molecule has 0 saturated carbocycles. The van der Waals surface area contributed by atoms with E-state index >= 15 is 0 Å². The zero-order valence-electron chi connectivity index (χ0n) is 17.8. The van der Waals surface area contributed by atoms with Crippen LogP contribution in [0.2, 0.25) is 0 Å². The van der Waals surface area contributed by atoms with Crippen LogP contribution in [0.5, 0.6) is 0 Å². The van der Waals surface area contributed by atoms with Gasteiger partial charge in [0.1, 0.15) is 0 Å². The van der Waals surface area contributed by atoms with E-state index in [1.807, 2.05) is 37.3 Å². The average molecular weight is 436 g/mol. The fourth-order valence-electron chi connectivity index (χ4n) is 3.37. The second-order valence-corrected chi connectivity index (χ2v) is 7.53. The van der Waals surface area contributed by atoms with Crippen molar-refractivity contribution in [1.82, 2.24) is 4.98 Å². The van der Waals surface area contributed by atoms with E-state index in [-0.39, 0.29) is 17.2 Å². The molecule has 0 unspecified atom stereocenters. The highest BCUT2D eigenvalue weighted by atomic mass is 16.4. The molecule has 162 valence electrons. The smallest absolute Gasteiger partial charge is 0.377 e. The molecule has 6 nitrogen and oxygen atoms in total. The highest BCUT2D eigenvalue weighted by Crippen LogP contribution is 2.23. The fraction of sp³-hybridized carbons (Fsp3) is 0.0370. The number of carbonyl (C=O) groups is 3. The molecule has 0 fully saturated rings. The van der Waals surface area contributed by atoms with Gasteiger partial charge in [-0.1, -0.05) is 54.1 Å². The number of fused-ring (bicyclic) bond motifs is 1. The quantitative estimate of drug-likeness (QED) is 0.328. The Kier molecular flexibility index (Phi) is 6.09. The van der Waals surface area contributed by atoms with Crippen molar-refractivity contribution in [1.29, 1.82) is 0 Å². The lowest BCUT2D eigenvalue weighted by atomic mass is 10.0. The number of anilines is 1. The largest absolute Gasteiger partial charge is 0.475 e. The minimum atomic E-state index is -1.57. The summed E-state index contributed by atoms with van der Waals surface area (Å²) in [6.45, 7) is 1.94. The number of hydrogen-bond donors (Lipinski definition) is 2. The van der Waals surface area contributed by atoms with Crippen molar-refractivity contribution < 1.29 is 19.5 Å². The monoisotopic (exact) mass is 436 g/mol. The van der Waals surface area contributed by atoms with Crippen LogP contribution in [0.25, 0.3) is 22.6 Å². The lowest BCUT2D eigenvalue weighted by Crippen LogP contribution is -2.15. The Labute approximate surface area is 190 Å². The number of pyridine rings is 1. The number of benzene rings is 3. The summed E-state index contributed by atoms with van der Waals surface area (Å²) in [5, 5.41) is 13.1. The SMILES string of the molecule is Cc1ccc(C(=O)Nc2cccc(C=C(C(=O)C(=O)O)c3ccc4ccccc4n3)c2)cc1. The van der Waals surface area contributed by atoms with E-state index in [2.05, 4.69) is 10.3 Å². The van der Waals surface area contributed by atoms with Crippen molar-refractivity contribution in [3.63, 3.8) is 0 Å². The molecule has 2 N–H and O–H groups in total. The van der Waals surface area contributed by atoms with E-state index in [4.69, 9.17) is 0 Å². The number of Topliss-reactive ketones (excluding diaryl/α,β-unsaturated/α-hetero) is 1. The van der Waals surface area contributed by atoms with Crippen molar-refractivity contribution >= 4 is 45.9 Å². The van der Waals surface area contributed by atoms with Crippen molar-refractivity contribution in [3.05, 3.63) is 107 Å². The zero-order valence-corrected chi connectivity index (χ0v) is 17.8. The maximum Gasteiger partial charge on any atom is 0.377 e. The molecule has 0 bridgehead atoms. The third-order valence-electron chi connectivity index (χ3n) is 5.08. The third-order valence-corrected chi connectivity index (χ3v) is 5.08. The lowest BCUT2D eigenvalue weighted by Gasteiger charge is -2.08. The molecule has 0 radical (unpaired) electrons. The summed E-state index contributed by atoms with van der Waals surface area (Å²) in [4.78, 5) is 41.0. The number of aryl methyl sites for hydroxylation is 1. The first-order chi connectivity index (χ1) is 15.9. The van der Waals surface area contributed by atoms with Crippen LogP contribution in [0.4, 0.5) is 5.69 Å². The van der Waals surface area contributed by atoms with Crippen LogP contribution < -0.4 is 5.32 Å². The summed E-state index contributed by atoms with van der Waals surface area (Å²) in [6, 6.07) is 24.8. The topological polar surface area (TPSA) is 96.4 Å². The van der Waals surface area contributed by atoms with Gasteiger partial charge >= 0.3 is 5.97 Å². The number of rotatable bonds is 6. The second kappa shape index (κ2) is 9.28. The first-order valence-corrected chi connectivity index (χ1v) is 10.2. The number of para-hydroxylation sites is 1. The number of hydrogen-bond acceptors (Lipinski definition) is 4. The number of nitrogens with one attached hydrogen (secondary N) is 1. The third kappa shape index (κ3) is 5.02. The maximum absolute atomic E-state index is 12.5. The molecule has 3 aromatic carbocycles. The van der Waals surface area contributed by atoms with Gasteiger partial charge in [0, 0.05) is 16.6 Å². The molecule has 0 atom stereocenters. The van der Waals surface area contributed by atoms with E-state index in [1.54, 1.807) is 54.6 Å². The molecule has 6 heteroatoms. The summed E-state index contributed by atoms with van der Waals surface area (Å²) < 4.78 is 0. The predicted molar refractivity (Wildman–Crippen MR) is 128 cm³/mol. The van der Waals surface area contributed by atoms with Crippen molar-refractivity contribution in [2.24, 2.45) is 0 Å². The summed E-state index contributed by atoms with van der Waals surface area (Å²) in [7, 11) is 0. The van der Waals surface area contributed by atoms with Crippen molar-refractivity contribution in [2.45, 2.75) is 6.92 Å². The van der Waals surface area contributed by atoms with Crippen LogP contribution in [0.3, 0.4) is 0 Å². The second-order valence-electron chi connectivity index (χ2n) is 7.53. The Morgan fingerprint density at radius 2 is 1.64 bits per heavy atom. The van der Waals surface area contributed by atoms with E-state index in [1.165, 1.54) is 6.08 Å². The van der Waals surface area contributed by atoms with Crippen LogP contribution in [0, 0.1) is 6.92 Å². The minimum Gasteiger partial charge on any atom is -0.475 e. The summed E-state index contributed by atoms with van der Waals surface area (Å²) in [5.41, 5.74) is 3.50. The number of ketones is 1. The number of carbonyl (C=O) groups excluding carboxylic acids is 2. The van der Waals surface area contributed by atoms with E-state index in [0.717, 1.165) is 10.9 Å². The van der Waals surface area contributed by atoms with Gasteiger partial charge in [-0.15, -0.1) is 0 Å². The van der Waals surface area contributed by atoms with Gasteiger partial charge in [0.25, 0.3) is 11.7 Å². The van der Waals surface area contributed by atoms with Gasteiger partial charge in [-0.3, -0.25) is 9.59 Å². The molecule has 33 heavy (non-hydrogen) atoms. The molecule has 0 aliphatic carbocycles. The Bertz CT molecular complexity index is 1410. The average Bonchev–Trinajstić information content (AvgIpc) is 2.82. The van der Waals surface area contributed by atoms with Crippen LogP contribution in [-0.4, -0.2) is 27.8 Å². The first-order valence-electron chi connectivity index (χ1n) is 10.2. The van der Waals surface area contributed by atoms with E-state index in [0.29, 0.717) is 22.3 Å². The highest BCUT2D eigenvalue weighted by Gasteiger charge is 2.21. The van der Waals surface area contributed by atoms with Gasteiger partial charge in [0.2, 0.25) is 0 Å². The number of carboxylic acid groups (broad SMARTS) is 1. The molecule has 0 aliphatic heterocycles. The van der Waals surface area contributed by atoms with Crippen molar-refractivity contribution in [3.8, 4) is 0 Å². The molecule has 0 aliphatic rings. The number of aromatic nitrogens is 1. The highest BCUT2D eigenvalue weighted by molar-refractivity contribution is 6.52. The molecule has 1 amide bonds. The van der Waals surface area contributed by atoms with Crippen LogP contribution >= 0.6 is 0 Å². The molecule has 0 saturated heterocycles. The van der Waals surface area contributed by atoms with Crippen LogP contribution in [-0.2, 0) is 9.59 Å². The van der Waals surface area contributed by atoms with Gasteiger partial charge < -0.3 is 10.4 Å². The van der Waals surface area contributed by atoms with Crippen LogP contribution in [0.1, 0.15) is 27.2 Å². The first kappa shape index (κ1) is 21.6. The predicted octanol–water partition coefficient (Wildman–Crippen LogP) is 4.99. The fourth-order valence-corrected chi connectivity index (χ4v) is 3.37. The minimum absolute atomic E-state index is 0.0461. The molecular weight excluding hydrogens is 416 g/mol. The molecule has 0 spiro atoms. The summed E-state index contributed by atoms with van der Waals surface area (Å²) in [5.74, 6) is -2.90. The molecule has 4 aromatic rings. The molecule has 1 heterocycles. The van der Waals surface area contributed by atoms with Crippen LogP contribution in [0.15, 0.2) is 84.9 Å². The van der Waals surface area contributed by atoms with Gasteiger partial charge in [0.05, 0.1) is 16.8 Å². The van der Waals surface area contributed by atoms with E-state index < -0.39 is 11.8 Å². The summed E-state index contributed by atoms with van der Waals surface area (Å²) in [6.07, 6.45) is 1.47. The maximum atomic E-state index is 12.5. The standard InChI is InChI=1S/C27H20N2O4/c1-17-9-11-20(12-10-17)26(31)28-21-7-4-5-18(15-21)16-22(25(30)27(32)33)24-14-13-19-6-2-3-8-23(19)29-24/h2-16H,1H3,(H,28,31)(H,32,33). The Morgan fingerprint density at radius 3 is 2.39 bits per heavy atom. The normalized spacial score (nSPS) is 11.2. The Hall–Kier alpha value is -4.58. The number of nitrogens with zero attached hydrogens (tertiary/aromatic N) is 1. The van der Waals surface area contributed by atoms with Gasteiger partial charge in [-0.05, 0) is 55.0 Å². The zero-order chi connectivity index (χ0) is 23.4. The number of carboxylic acids is 1. The Balaban J connectivity index is 1.68. The number of amides is 1. The lowest BCUT2D eigenvalue weighted by molar-refractivity contribution is -0.146. The van der Waals surface area contributed by atoms with Crippen molar-refractivity contribution in [2.75, 3.05) is 5.32 Å². The molecule has 4 rings (SSSR count). The van der Waals surface area contributed by atoms with Gasteiger partial charge in [0.15, 0.2) is 0 Å². The molecular formula is C27H20N2O4. The number of aliphatic carboxylic acids is 1. The summed E-state index contributed by atoms with van der Waals surface area (Å²) >= 11 is 0. The van der Waals surface area contributed by atoms with Gasteiger partial charge in [-0.2, -0.15) is 0 Å². The van der Waals surface area contributed by atoms with Gasteiger partial charge in [-0.25, -0.2) is 9.78 Å².